The second-order valence-electron chi connectivity index (χ2n) is 3.62. The van der Waals surface area contributed by atoms with Crippen LogP contribution in [0.3, 0.4) is 0 Å². The lowest BCUT2D eigenvalue weighted by atomic mass is 10.2. The first kappa shape index (κ1) is 7.84. The van der Waals surface area contributed by atoms with Crippen LogP contribution in [0.15, 0.2) is 0 Å². The number of hydrogen-bond acceptors (Lipinski definition) is 1. The van der Waals surface area contributed by atoms with Crippen molar-refractivity contribution < 1.29 is 0 Å². The average Bonchev–Trinajstić information content (AvgIpc) is 2.80. The molecule has 0 atom stereocenters. The summed E-state index contributed by atoms with van der Waals surface area (Å²) in [4.78, 5) is 0. The van der Waals surface area contributed by atoms with Crippen molar-refractivity contribution in [3.63, 3.8) is 0 Å². The molecular weight excluding hydrogens is 148 g/mol. The molecule has 65 valence electrons. The third kappa shape index (κ3) is 1.26. The summed E-state index contributed by atoms with van der Waals surface area (Å²) < 4.78 is 2.13. The zero-order valence-electron chi connectivity index (χ0n) is 7.80. The fourth-order valence-electron chi connectivity index (χ4n) is 1.70. The predicted octanol–water partition coefficient (Wildman–Crippen LogP) is 2.28. The maximum atomic E-state index is 4.26. The van der Waals surface area contributed by atoms with Crippen molar-refractivity contribution in [2.45, 2.75) is 45.6 Å². The SMILES string of the molecule is CCCn1n[c]c(C)c1C1CC1. The summed E-state index contributed by atoms with van der Waals surface area (Å²) in [5, 5.41) is 4.26. The monoisotopic (exact) mass is 163 g/mol. The van der Waals surface area contributed by atoms with Crippen LogP contribution in [0.25, 0.3) is 0 Å². The molecule has 0 aromatic carbocycles. The number of aromatic nitrogens is 2. The van der Waals surface area contributed by atoms with Gasteiger partial charge in [-0.25, -0.2) is 0 Å². The van der Waals surface area contributed by atoms with Crippen molar-refractivity contribution in [3.8, 4) is 0 Å². The Balaban J connectivity index is 2.27. The fourth-order valence-corrected chi connectivity index (χ4v) is 1.70. The molecule has 1 aliphatic carbocycles. The Kier molecular flexibility index (Phi) is 1.91. The third-order valence-electron chi connectivity index (χ3n) is 2.40. The Morgan fingerprint density at radius 2 is 2.33 bits per heavy atom. The van der Waals surface area contributed by atoms with Gasteiger partial charge in [0.05, 0.1) is 0 Å². The van der Waals surface area contributed by atoms with E-state index in [0.717, 1.165) is 18.9 Å². The van der Waals surface area contributed by atoms with Gasteiger partial charge in [-0.1, -0.05) is 6.92 Å². The molecule has 0 aliphatic heterocycles. The number of rotatable bonds is 3. The lowest BCUT2D eigenvalue weighted by Crippen LogP contribution is -2.03. The van der Waals surface area contributed by atoms with Gasteiger partial charge in [0.1, 0.15) is 6.20 Å². The van der Waals surface area contributed by atoms with Gasteiger partial charge in [-0.2, -0.15) is 5.10 Å². The summed E-state index contributed by atoms with van der Waals surface area (Å²) in [7, 11) is 0. The zero-order valence-corrected chi connectivity index (χ0v) is 7.80. The lowest BCUT2D eigenvalue weighted by Gasteiger charge is -2.04. The zero-order chi connectivity index (χ0) is 8.55. The van der Waals surface area contributed by atoms with E-state index in [-0.39, 0.29) is 0 Å². The van der Waals surface area contributed by atoms with Gasteiger partial charge in [0, 0.05) is 23.7 Å². The number of aryl methyl sites for hydroxylation is 2. The Hall–Kier alpha value is -0.790. The topological polar surface area (TPSA) is 17.8 Å². The Bertz CT molecular complexity index is 271. The summed E-state index contributed by atoms with van der Waals surface area (Å²) in [6.45, 7) is 5.36. The van der Waals surface area contributed by atoms with Gasteiger partial charge in [0.25, 0.3) is 0 Å². The van der Waals surface area contributed by atoms with Gasteiger partial charge in [-0.3, -0.25) is 4.68 Å². The molecule has 1 radical (unpaired) electrons. The average molecular weight is 163 g/mol. The van der Waals surface area contributed by atoms with Crippen LogP contribution in [0.1, 0.15) is 43.4 Å². The van der Waals surface area contributed by atoms with Crippen LogP contribution in [-0.2, 0) is 6.54 Å². The third-order valence-corrected chi connectivity index (χ3v) is 2.40. The molecule has 1 saturated carbocycles. The van der Waals surface area contributed by atoms with E-state index in [1.54, 1.807) is 0 Å². The van der Waals surface area contributed by atoms with Crippen LogP contribution < -0.4 is 0 Å². The van der Waals surface area contributed by atoms with Crippen LogP contribution in [0.4, 0.5) is 0 Å². The second kappa shape index (κ2) is 2.92. The highest BCUT2D eigenvalue weighted by Crippen LogP contribution is 2.41. The van der Waals surface area contributed by atoms with Crippen molar-refractivity contribution in [1.29, 1.82) is 0 Å². The van der Waals surface area contributed by atoms with Crippen molar-refractivity contribution in [1.82, 2.24) is 9.78 Å². The fraction of sp³-hybridized carbons (Fsp3) is 0.700. The molecule has 2 heteroatoms. The second-order valence-corrected chi connectivity index (χ2v) is 3.62. The molecule has 12 heavy (non-hydrogen) atoms. The smallest absolute Gasteiger partial charge is 0.116 e. The van der Waals surface area contributed by atoms with Gasteiger partial charge < -0.3 is 0 Å². The van der Waals surface area contributed by atoms with Crippen molar-refractivity contribution in [2.24, 2.45) is 0 Å². The van der Waals surface area contributed by atoms with E-state index in [1.807, 2.05) is 0 Å². The first-order valence-electron chi connectivity index (χ1n) is 4.78. The first-order chi connectivity index (χ1) is 5.83. The molecule has 0 saturated heterocycles. The van der Waals surface area contributed by atoms with E-state index in [1.165, 1.54) is 24.1 Å². The maximum absolute atomic E-state index is 4.26. The minimum atomic E-state index is 0.801. The van der Waals surface area contributed by atoms with Crippen molar-refractivity contribution >= 4 is 0 Å². The highest BCUT2D eigenvalue weighted by Gasteiger charge is 2.28. The van der Waals surface area contributed by atoms with Crippen LogP contribution in [0, 0.1) is 13.1 Å². The van der Waals surface area contributed by atoms with Gasteiger partial charge in [-0.15, -0.1) is 0 Å². The lowest BCUT2D eigenvalue weighted by molar-refractivity contribution is 0.573. The van der Waals surface area contributed by atoms with E-state index in [4.69, 9.17) is 0 Å². The summed E-state index contributed by atoms with van der Waals surface area (Å²) in [5.74, 6) is 0.801. The van der Waals surface area contributed by atoms with Gasteiger partial charge in [-0.05, 0) is 26.2 Å². The number of hydrogen-bond donors (Lipinski definition) is 0. The van der Waals surface area contributed by atoms with Gasteiger partial charge >= 0.3 is 0 Å². The molecular formula is C10H15N2. The van der Waals surface area contributed by atoms with Gasteiger partial charge in [0.15, 0.2) is 0 Å². The molecule has 0 bridgehead atoms. The van der Waals surface area contributed by atoms with Crippen LogP contribution >= 0.6 is 0 Å². The largest absolute Gasteiger partial charge is 0.268 e. The molecule has 1 aliphatic rings. The quantitative estimate of drug-likeness (QED) is 0.668. The first-order valence-corrected chi connectivity index (χ1v) is 4.78. The maximum Gasteiger partial charge on any atom is 0.116 e. The highest BCUT2D eigenvalue weighted by molar-refractivity contribution is 5.23. The summed E-state index contributed by atoms with van der Waals surface area (Å²) in [6, 6.07) is 0. The van der Waals surface area contributed by atoms with E-state index >= 15 is 0 Å². The molecule has 2 rings (SSSR count). The molecule has 0 amide bonds. The summed E-state index contributed by atoms with van der Waals surface area (Å²) in [6.07, 6.45) is 6.92. The molecule has 2 nitrogen and oxygen atoms in total. The summed E-state index contributed by atoms with van der Waals surface area (Å²) >= 11 is 0. The van der Waals surface area contributed by atoms with E-state index in [2.05, 4.69) is 29.8 Å². The van der Waals surface area contributed by atoms with Crippen LogP contribution in [0.5, 0.6) is 0 Å². The summed E-state index contributed by atoms with van der Waals surface area (Å²) in [5.41, 5.74) is 2.70. The molecule has 0 N–H and O–H groups in total. The van der Waals surface area contributed by atoms with E-state index < -0.39 is 0 Å². The van der Waals surface area contributed by atoms with Crippen LogP contribution in [-0.4, -0.2) is 9.78 Å². The molecule has 1 fully saturated rings. The predicted molar refractivity (Wildman–Crippen MR) is 48.1 cm³/mol. The van der Waals surface area contributed by atoms with Crippen molar-refractivity contribution in [2.75, 3.05) is 0 Å². The van der Waals surface area contributed by atoms with Crippen molar-refractivity contribution in [3.05, 3.63) is 17.5 Å². The standard InChI is InChI=1S/C10H15N2/c1-3-6-12-10(9-4-5-9)8(2)7-11-12/h9H,3-6H2,1-2H3. The minimum absolute atomic E-state index is 0.801. The van der Waals surface area contributed by atoms with E-state index in [0.29, 0.717) is 0 Å². The Labute approximate surface area is 73.6 Å². The Morgan fingerprint density at radius 3 is 2.92 bits per heavy atom. The molecule has 1 aromatic rings. The molecule has 1 aromatic heterocycles. The van der Waals surface area contributed by atoms with Crippen LogP contribution in [0.2, 0.25) is 0 Å². The molecule has 0 spiro atoms. The normalized spacial score (nSPS) is 16.8. The Morgan fingerprint density at radius 1 is 1.58 bits per heavy atom. The minimum Gasteiger partial charge on any atom is -0.268 e. The molecule has 1 heterocycles. The van der Waals surface area contributed by atoms with E-state index in [9.17, 15) is 0 Å². The molecule has 0 unspecified atom stereocenters. The number of nitrogens with zero attached hydrogens (tertiary/aromatic N) is 2. The van der Waals surface area contributed by atoms with Gasteiger partial charge in [0.2, 0.25) is 0 Å². The highest BCUT2D eigenvalue weighted by atomic mass is 15.3.